The fourth-order valence-corrected chi connectivity index (χ4v) is 2.58. The Morgan fingerprint density at radius 2 is 1.93 bits per heavy atom. The molecule has 2 aliphatic carbocycles. The summed E-state index contributed by atoms with van der Waals surface area (Å²) >= 11 is 0. The van der Waals surface area contributed by atoms with Crippen molar-refractivity contribution >= 4 is 0 Å². The highest BCUT2D eigenvalue weighted by atomic mass is 16.3. The third kappa shape index (κ3) is 1.58. The highest BCUT2D eigenvalue weighted by Gasteiger charge is 2.48. The van der Waals surface area contributed by atoms with Gasteiger partial charge in [-0.1, -0.05) is 13.8 Å². The largest absolute Gasteiger partial charge is 0.392 e. The van der Waals surface area contributed by atoms with Crippen LogP contribution in [0.2, 0.25) is 0 Å². The molecule has 0 heterocycles. The lowest BCUT2D eigenvalue weighted by molar-refractivity contribution is -0.0793. The molecular weight excluding hydrogens is 178 g/mol. The van der Waals surface area contributed by atoms with Gasteiger partial charge >= 0.3 is 0 Å². The van der Waals surface area contributed by atoms with E-state index in [9.17, 15) is 10.2 Å². The zero-order chi connectivity index (χ0) is 10.3. The molecule has 2 fully saturated rings. The van der Waals surface area contributed by atoms with Gasteiger partial charge in [0.05, 0.1) is 12.2 Å². The molecule has 4 atom stereocenters. The Hall–Kier alpha value is -0.120. The maximum absolute atomic E-state index is 9.67. The van der Waals surface area contributed by atoms with Gasteiger partial charge in [-0.2, -0.15) is 0 Å². The highest BCUT2D eigenvalue weighted by molar-refractivity contribution is 5.03. The first-order valence-corrected chi connectivity index (χ1v) is 5.64. The fourth-order valence-electron chi connectivity index (χ4n) is 2.58. The van der Waals surface area contributed by atoms with E-state index >= 15 is 0 Å². The lowest BCUT2D eigenvalue weighted by Gasteiger charge is -2.51. The molecule has 14 heavy (non-hydrogen) atoms. The Morgan fingerprint density at radius 1 is 1.21 bits per heavy atom. The van der Waals surface area contributed by atoms with E-state index in [2.05, 4.69) is 19.2 Å². The van der Waals surface area contributed by atoms with Crippen LogP contribution in [0.3, 0.4) is 0 Å². The molecule has 4 unspecified atom stereocenters. The van der Waals surface area contributed by atoms with Gasteiger partial charge in [0.1, 0.15) is 0 Å². The Bertz CT molecular complexity index is 217. The van der Waals surface area contributed by atoms with Crippen LogP contribution in [-0.4, -0.2) is 34.5 Å². The molecule has 0 amide bonds. The predicted octanol–water partition coefficient (Wildman–Crippen LogP) is 0.649. The topological polar surface area (TPSA) is 52.5 Å². The first-order chi connectivity index (χ1) is 6.51. The van der Waals surface area contributed by atoms with Gasteiger partial charge in [-0.15, -0.1) is 0 Å². The molecule has 0 spiro atoms. The molecule has 2 rings (SSSR count). The molecule has 3 nitrogen and oxygen atoms in total. The van der Waals surface area contributed by atoms with Crippen molar-refractivity contribution in [3.05, 3.63) is 0 Å². The number of nitrogens with one attached hydrogen (secondary N) is 1. The quantitative estimate of drug-likeness (QED) is 0.612. The van der Waals surface area contributed by atoms with Crippen molar-refractivity contribution in [1.29, 1.82) is 0 Å². The van der Waals surface area contributed by atoms with E-state index < -0.39 is 0 Å². The Labute approximate surface area is 85.5 Å². The zero-order valence-corrected chi connectivity index (χ0v) is 9.03. The van der Waals surface area contributed by atoms with Gasteiger partial charge < -0.3 is 15.5 Å². The second kappa shape index (κ2) is 3.47. The van der Waals surface area contributed by atoms with Crippen LogP contribution in [0.5, 0.6) is 0 Å². The van der Waals surface area contributed by atoms with Gasteiger partial charge in [0.15, 0.2) is 0 Å². The van der Waals surface area contributed by atoms with Crippen LogP contribution in [-0.2, 0) is 0 Å². The molecule has 3 N–H and O–H groups in total. The van der Waals surface area contributed by atoms with E-state index in [4.69, 9.17) is 0 Å². The van der Waals surface area contributed by atoms with Crippen LogP contribution in [0, 0.1) is 5.41 Å². The predicted molar refractivity (Wildman–Crippen MR) is 55.0 cm³/mol. The lowest BCUT2D eigenvalue weighted by Crippen LogP contribution is -2.62. The van der Waals surface area contributed by atoms with E-state index in [1.54, 1.807) is 0 Å². The van der Waals surface area contributed by atoms with Crippen molar-refractivity contribution in [3.63, 3.8) is 0 Å². The number of hydrogen-bond acceptors (Lipinski definition) is 3. The van der Waals surface area contributed by atoms with Crippen LogP contribution < -0.4 is 5.32 Å². The van der Waals surface area contributed by atoms with Crippen LogP contribution in [0.15, 0.2) is 0 Å². The summed E-state index contributed by atoms with van der Waals surface area (Å²) in [7, 11) is 0. The van der Waals surface area contributed by atoms with Crippen LogP contribution in [0.25, 0.3) is 0 Å². The molecule has 0 aliphatic heterocycles. The summed E-state index contributed by atoms with van der Waals surface area (Å²) in [6.07, 6.45) is 3.59. The van der Waals surface area contributed by atoms with Crippen molar-refractivity contribution in [1.82, 2.24) is 5.32 Å². The molecule has 0 radical (unpaired) electrons. The van der Waals surface area contributed by atoms with E-state index in [-0.39, 0.29) is 23.7 Å². The van der Waals surface area contributed by atoms with Gasteiger partial charge in [-0.05, 0) is 25.7 Å². The number of aliphatic hydroxyl groups is 2. The smallest absolute Gasteiger partial charge is 0.0693 e. The van der Waals surface area contributed by atoms with Gasteiger partial charge in [0, 0.05) is 17.5 Å². The number of rotatable bonds is 2. The van der Waals surface area contributed by atoms with Crippen molar-refractivity contribution in [2.45, 2.75) is 63.8 Å². The number of hydrogen-bond donors (Lipinski definition) is 3. The van der Waals surface area contributed by atoms with E-state index in [0.717, 1.165) is 25.7 Å². The first kappa shape index (κ1) is 10.4. The molecule has 0 aromatic heterocycles. The summed E-state index contributed by atoms with van der Waals surface area (Å²) in [5.41, 5.74) is -0.0255. The maximum atomic E-state index is 9.67. The van der Waals surface area contributed by atoms with Crippen LogP contribution >= 0.6 is 0 Å². The third-order valence-corrected chi connectivity index (χ3v) is 4.11. The molecule has 2 aliphatic rings. The molecule has 0 saturated heterocycles. The standard InChI is InChI=1S/C11H21NO2/c1-11(2)9(6-10(11)14)12-7-4-3-5-8(7)13/h7-10,12-14H,3-6H2,1-2H3. The minimum Gasteiger partial charge on any atom is -0.392 e. The normalized spacial score (nSPS) is 46.3. The molecule has 3 heteroatoms. The van der Waals surface area contributed by atoms with Gasteiger partial charge in [-0.25, -0.2) is 0 Å². The minimum absolute atomic E-state index is 0.0255. The maximum Gasteiger partial charge on any atom is 0.0693 e. The SMILES string of the molecule is CC1(C)C(O)CC1NC1CCCC1O. The first-order valence-electron chi connectivity index (χ1n) is 5.64. The summed E-state index contributed by atoms with van der Waals surface area (Å²) in [4.78, 5) is 0. The van der Waals surface area contributed by atoms with Gasteiger partial charge in [-0.3, -0.25) is 0 Å². The summed E-state index contributed by atoms with van der Waals surface area (Å²) in [6.45, 7) is 4.17. The summed E-state index contributed by atoms with van der Waals surface area (Å²) < 4.78 is 0. The van der Waals surface area contributed by atoms with Crippen molar-refractivity contribution in [2.24, 2.45) is 5.41 Å². The van der Waals surface area contributed by atoms with E-state index in [1.165, 1.54) is 0 Å². The minimum atomic E-state index is -0.182. The number of aliphatic hydroxyl groups excluding tert-OH is 2. The Balaban J connectivity index is 1.87. The average Bonchev–Trinajstić information content (AvgIpc) is 2.51. The summed E-state index contributed by atoms with van der Waals surface area (Å²) in [5.74, 6) is 0. The van der Waals surface area contributed by atoms with Crippen molar-refractivity contribution in [3.8, 4) is 0 Å². The van der Waals surface area contributed by atoms with E-state index in [1.807, 2.05) is 0 Å². The van der Waals surface area contributed by atoms with Gasteiger partial charge in [0.2, 0.25) is 0 Å². The highest BCUT2D eigenvalue weighted by Crippen LogP contribution is 2.41. The Morgan fingerprint density at radius 3 is 2.36 bits per heavy atom. The second-order valence-electron chi connectivity index (χ2n) is 5.40. The lowest BCUT2D eigenvalue weighted by atomic mass is 9.64. The van der Waals surface area contributed by atoms with Crippen molar-refractivity contribution in [2.75, 3.05) is 0 Å². The summed E-state index contributed by atoms with van der Waals surface area (Å²) in [5, 5.41) is 22.7. The monoisotopic (exact) mass is 199 g/mol. The molecule has 82 valence electrons. The van der Waals surface area contributed by atoms with Crippen molar-refractivity contribution < 1.29 is 10.2 Å². The second-order valence-corrected chi connectivity index (χ2v) is 5.40. The van der Waals surface area contributed by atoms with E-state index in [0.29, 0.717) is 6.04 Å². The van der Waals surface area contributed by atoms with Crippen LogP contribution in [0.4, 0.5) is 0 Å². The fraction of sp³-hybridized carbons (Fsp3) is 1.00. The Kier molecular flexibility index (Phi) is 2.58. The molecule has 0 aromatic rings. The molecular formula is C11H21NO2. The average molecular weight is 199 g/mol. The molecule has 2 saturated carbocycles. The van der Waals surface area contributed by atoms with Gasteiger partial charge in [0.25, 0.3) is 0 Å². The van der Waals surface area contributed by atoms with Crippen LogP contribution in [0.1, 0.15) is 39.5 Å². The molecule has 0 bridgehead atoms. The summed E-state index contributed by atoms with van der Waals surface area (Å²) in [6, 6.07) is 0.627. The molecule has 0 aromatic carbocycles. The third-order valence-electron chi connectivity index (χ3n) is 4.11. The zero-order valence-electron chi connectivity index (χ0n) is 9.03.